The van der Waals surface area contributed by atoms with Crippen LogP contribution in [0.15, 0.2) is 0 Å². The van der Waals surface area contributed by atoms with Gasteiger partial charge in [0, 0.05) is 6.16 Å². The van der Waals surface area contributed by atoms with E-state index in [0.717, 1.165) is 0 Å². The van der Waals surface area contributed by atoms with Crippen LogP contribution >= 0.6 is 30.6 Å². The Morgan fingerprint density at radius 1 is 2.00 bits per heavy atom. The zero-order valence-electron chi connectivity index (χ0n) is 3.80. The summed E-state index contributed by atoms with van der Waals surface area (Å²) in [5.41, 5.74) is 0. The first-order valence-corrected chi connectivity index (χ1v) is 4.39. The predicted molar refractivity (Wildman–Crippen MR) is 35.5 cm³/mol. The Hall–Kier alpha value is 0.880. The minimum absolute atomic E-state index is 0.177. The molecule has 0 fully saturated rings. The van der Waals surface area contributed by atoms with Gasteiger partial charge in [-0.25, -0.2) is 2.85 Å². The predicted octanol–water partition coefficient (Wildman–Crippen LogP) is 1.56. The van der Waals surface area contributed by atoms with Gasteiger partial charge in [-0.15, -0.1) is 0 Å². The molecule has 0 aromatic heterocycles. The maximum absolute atomic E-state index is 10.3. The van der Waals surface area contributed by atoms with E-state index < -0.39 is 7.60 Å². The van der Waals surface area contributed by atoms with Crippen molar-refractivity contribution in [1.29, 1.82) is 0 Å². The van der Waals surface area contributed by atoms with Gasteiger partial charge in [0.1, 0.15) is 23.0 Å². The quantitative estimate of drug-likeness (QED) is 0.584. The lowest BCUT2D eigenvalue weighted by molar-refractivity contribution is 0.417. The lowest BCUT2D eigenvalue weighted by Gasteiger charge is -1.99. The summed E-state index contributed by atoms with van der Waals surface area (Å²) >= 11 is 1.42. The Balaban J connectivity index is 3.61. The molecule has 0 aliphatic heterocycles. The Labute approximate surface area is 56.3 Å². The minimum atomic E-state index is -3.17. The molecule has 1 unspecified atom stereocenters. The summed E-state index contributed by atoms with van der Waals surface area (Å²) in [5, 5.41) is 0. The summed E-state index contributed by atoms with van der Waals surface area (Å²) in [6.45, 7) is 1.60. The van der Waals surface area contributed by atoms with Crippen molar-refractivity contribution in [2.45, 2.75) is 6.92 Å². The molecule has 0 rings (SSSR count). The van der Waals surface area contributed by atoms with E-state index in [1.807, 2.05) is 0 Å². The van der Waals surface area contributed by atoms with Gasteiger partial charge in [-0.05, 0) is 0 Å². The fourth-order valence-corrected chi connectivity index (χ4v) is 0.982. The average molecular weight is 236 g/mol. The van der Waals surface area contributed by atoms with Crippen LogP contribution in [0.5, 0.6) is 0 Å². The second-order valence-electron chi connectivity index (χ2n) is 1.02. The lowest BCUT2D eigenvalue weighted by Crippen LogP contribution is -1.79. The molecular formula is C2H6IO3P. The molecule has 0 heterocycles. The molecule has 0 bridgehead atoms. The maximum Gasteiger partial charge on any atom is 0.337 e. The standard InChI is InChI=1S/C2H6IO3P/c1-2-7(4,5)6-3/h2H2,1H3,(H,4,5). The molecule has 0 aliphatic carbocycles. The zero-order valence-corrected chi connectivity index (χ0v) is 6.85. The number of hydrogen-bond donors (Lipinski definition) is 1. The SMILES string of the molecule is CCP(=O)(O)OI. The Kier molecular flexibility index (Phi) is 3.40. The van der Waals surface area contributed by atoms with E-state index in [-0.39, 0.29) is 6.16 Å². The molecule has 1 N–H and O–H groups in total. The molecular weight excluding hydrogens is 230 g/mol. The van der Waals surface area contributed by atoms with Gasteiger partial charge in [-0.3, -0.25) is 4.57 Å². The van der Waals surface area contributed by atoms with Crippen molar-refractivity contribution in [2.75, 3.05) is 6.16 Å². The summed E-state index contributed by atoms with van der Waals surface area (Å²) < 4.78 is 14.4. The van der Waals surface area contributed by atoms with Crippen LogP contribution in [0.3, 0.4) is 0 Å². The molecule has 3 nitrogen and oxygen atoms in total. The van der Waals surface area contributed by atoms with E-state index >= 15 is 0 Å². The third kappa shape index (κ3) is 3.46. The van der Waals surface area contributed by atoms with Crippen molar-refractivity contribution in [3.05, 3.63) is 0 Å². The second kappa shape index (κ2) is 3.02. The fourth-order valence-electron chi connectivity index (χ4n) is 0.0488. The van der Waals surface area contributed by atoms with Gasteiger partial charge in [-0.2, -0.15) is 0 Å². The van der Waals surface area contributed by atoms with E-state index in [4.69, 9.17) is 4.89 Å². The molecule has 0 saturated carbocycles. The second-order valence-corrected chi connectivity index (χ2v) is 4.25. The molecule has 5 heteroatoms. The Morgan fingerprint density at radius 2 is 2.43 bits per heavy atom. The highest BCUT2D eigenvalue weighted by Gasteiger charge is 2.12. The maximum atomic E-state index is 10.3. The highest BCUT2D eigenvalue weighted by atomic mass is 127. The van der Waals surface area contributed by atoms with Crippen LogP contribution in [0.4, 0.5) is 0 Å². The monoisotopic (exact) mass is 236 g/mol. The van der Waals surface area contributed by atoms with Gasteiger partial charge in [-0.1, -0.05) is 6.92 Å². The van der Waals surface area contributed by atoms with Crippen LogP contribution in [0.25, 0.3) is 0 Å². The topological polar surface area (TPSA) is 46.5 Å². The molecule has 1 atom stereocenters. The Bertz CT molecular complexity index is 84.9. The minimum Gasteiger partial charge on any atom is -0.324 e. The van der Waals surface area contributed by atoms with E-state index in [1.54, 1.807) is 6.92 Å². The summed E-state index contributed by atoms with van der Waals surface area (Å²) in [5.74, 6) is 0. The van der Waals surface area contributed by atoms with Crippen molar-refractivity contribution < 1.29 is 12.3 Å². The third-order valence-electron chi connectivity index (χ3n) is 0.507. The molecule has 0 amide bonds. The van der Waals surface area contributed by atoms with E-state index in [0.29, 0.717) is 0 Å². The van der Waals surface area contributed by atoms with Crippen LogP contribution in [0.2, 0.25) is 0 Å². The van der Waals surface area contributed by atoms with Crippen molar-refractivity contribution in [3.8, 4) is 0 Å². The summed E-state index contributed by atoms with van der Waals surface area (Å²) in [7, 11) is -3.17. The molecule has 7 heavy (non-hydrogen) atoms. The van der Waals surface area contributed by atoms with Crippen LogP contribution in [0, 0.1) is 0 Å². The highest BCUT2D eigenvalue weighted by molar-refractivity contribution is 14.1. The van der Waals surface area contributed by atoms with Gasteiger partial charge in [0.25, 0.3) is 0 Å². The van der Waals surface area contributed by atoms with Crippen molar-refractivity contribution in [2.24, 2.45) is 0 Å². The van der Waals surface area contributed by atoms with Crippen molar-refractivity contribution >= 4 is 30.6 Å². The molecule has 0 aliphatic rings. The van der Waals surface area contributed by atoms with Gasteiger partial charge in [0.2, 0.25) is 0 Å². The van der Waals surface area contributed by atoms with Crippen molar-refractivity contribution in [1.82, 2.24) is 0 Å². The number of rotatable bonds is 2. The fraction of sp³-hybridized carbons (Fsp3) is 1.00. The summed E-state index contributed by atoms with van der Waals surface area (Å²) in [6.07, 6.45) is 0.177. The summed E-state index contributed by atoms with van der Waals surface area (Å²) in [6, 6.07) is 0. The van der Waals surface area contributed by atoms with Gasteiger partial charge < -0.3 is 4.89 Å². The van der Waals surface area contributed by atoms with Crippen molar-refractivity contribution in [3.63, 3.8) is 0 Å². The van der Waals surface area contributed by atoms with Crippen LogP contribution in [0.1, 0.15) is 6.92 Å². The molecule has 0 radical (unpaired) electrons. The van der Waals surface area contributed by atoms with Gasteiger partial charge in [0.05, 0.1) is 0 Å². The third-order valence-corrected chi connectivity index (χ3v) is 3.37. The van der Waals surface area contributed by atoms with Crippen LogP contribution in [-0.4, -0.2) is 11.1 Å². The molecule has 44 valence electrons. The van der Waals surface area contributed by atoms with Crippen LogP contribution in [-0.2, 0) is 7.42 Å². The molecule has 0 saturated heterocycles. The van der Waals surface area contributed by atoms with Crippen LogP contribution < -0.4 is 0 Å². The zero-order chi connectivity index (χ0) is 5.91. The normalized spacial score (nSPS) is 18.7. The lowest BCUT2D eigenvalue weighted by atomic mass is 11.0. The number of halogens is 1. The van der Waals surface area contributed by atoms with E-state index in [1.165, 1.54) is 23.0 Å². The molecule has 0 aromatic carbocycles. The largest absolute Gasteiger partial charge is 0.337 e. The first-order chi connectivity index (χ1) is 3.12. The average Bonchev–Trinajstić information content (AvgIpc) is 1.68. The summed E-state index contributed by atoms with van der Waals surface area (Å²) in [4.78, 5) is 8.46. The van der Waals surface area contributed by atoms with Gasteiger partial charge >= 0.3 is 7.60 Å². The van der Waals surface area contributed by atoms with Gasteiger partial charge in [0.15, 0.2) is 0 Å². The molecule has 0 aromatic rings. The number of hydrogen-bond acceptors (Lipinski definition) is 2. The first-order valence-electron chi connectivity index (χ1n) is 1.74. The molecule has 0 spiro atoms. The first kappa shape index (κ1) is 7.88. The van der Waals surface area contributed by atoms with E-state index in [9.17, 15) is 4.57 Å². The smallest absolute Gasteiger partial charge is 0.324 e. The highest BCUT2D eigenvalue weighted by Crippen LogP contribution is 2.43. The van der Waals surface area contributed by atoms with E-state index in [2.05, 4.69) is 2.85 Å². The Morgan fingerprint density at radius 3 is 2.43 bits per heavy atom.